The molecule has 1 heterocycles. The number of hydrogen-bond donors (Lipinski definition) is 2. The molecule has 1 aliphatic carbocycles. The minimum absolute atomic E-state index is 0.0366. The van der Waals surface area contributed by atoms with Crippen LogP contribution in [0.15, 0.2) is 70.0 Å². The molecule has 0 spiro atoms. The minimum Gasteiger partial charge on any atom is -0.496 e. The fourth-order valence-electron chi connectivity index (χ4n) is 4.96. The topological polar surface area (TPSA) is 129 Å². The lowest BCUT2D eigenvalue weighted by molar-refractivity contribution is 0.0980. The van der Waals surface area contributed by atoms with Crippen molar-refractivity contribution < 1.29 is 27.5 Å². The summed E-state index contributed by atoms with van der Waals surface area (Å²) in [5, 5.41) is 8.33. The van der Waals surface area contributed by atoms with Gasteiger partial charge in [0.25, 0.3) is 15.9 Å². The van der Waals surface area contributed by atoms with E-state index in [1.165, 1.54) is 19.2 Å². The van der Waals surface area contributed by atoms with Crippen LogP contribution in [-0.4, -0.2) is 43.4 Å². The molecule has 2 amide bonds. The molecule has 12 heteroatoms. The summed E-state index contributed by atoms with van der Waals surface area (Å²) in [6.07, 6.45) is 3.79. The van der Waals surface area contributed by atoms with Crippen LogP contribution < -0.4 is 14.8 Å². The number of fused-ring (bicyclic) bond motifs is 1. The number of amides is 2. The molecule has 1 aromatic heterocycles. The van der Waals surface area contributed by atoms with Crippen molar-refractivity contribution in [1.29, 1.82) is 0 Å². The molecule has 4 aromatic rings. The number of carbonyl (C=O) groups excluding carboxylic acids is 2. The number of hydrogen-bond acceptors (Lipinski definition) is 7. The number of benzene rings is 3. The molecular weight excluding hydrogens is 612 g/mol. The Balaban J connectivity index is 1.35. The van der Waals surface area contributed by atoms with E-state index in [9.17, 15) is 18.0 Å². The molecule has 0 atom stereocenters. The SMILES string of the molecule is COc1cc(C(=O)NS(=O)(=O)c2ccccc2Br)ccc1Cc1nn(C)c2ccc(NC(=O)OC3CCCC3)cc12. The third kappa shape index (κ3) is 6.38. The van der Waals surface area contributed by atoms with Crippen molar-refractivity contribution in [3.8, 4) is 5.75 Å². The maximum Gasteiger partial charge on any atom is 0.411 e. The molecule has 214 valence electrons. The van der Waals surface area contributed by atoms with Gasteiger partial charge in [0, 0.05) is 40.1 Å². The van der Waals surface area contributed by atoms with Crippen molar-refractivity contribution in [1.82, 2.24) is 14.5 Å². The Labute approximate surface area is 246 Å². The van der Waals surface area contributed by atoms with Gasteiger partial charge < -0.3 is 9.47 Å². The van der Waals surface area contributed by atoms with Crippen LogP contribution in [0.5, 0.6) is 5.75 Å². The average molecular weight is 642 g/mol. The average Bonchev–Trinajstić information content (AvgIpc) is 3.56. The lowest BCUT2D eigenvalue weighted by atomic mass is 10.0. The summed E-state index contributed by atoms with van der Waals surface area (Å²) in [6.45, 7) is 0. The Kier molecular flexibility index (Phi) is 8.32. The predicted molar refractivity (Wildman–Crippen MR) is 158 cm³/mol. The van der Waals surface area contributed by atoms with Gasteiger partial charge in [-0.25, -0.2) is 17.9 Å². The first-order chi connectivity index (χ1) is 19.6. The van der Waals surface area contributed by atoms with Gasteiger partial charge in [0.05, 0.1) is 18.3 Å². The van der Waals surface area contributed by atoms with Gasteiger partial charge in [-0.15, -0.1) is 0 Å². The summed E-state index contributed by atoms with van der Waals surface area (Å²) in [5.74, 6) is -0.377. The molecule has 3 aromatic carbocycles. The number of nitrogens with one attached hydrogen (secondary N) is 2. The molecule has 0 radical (unpaired) electrons. The van der Waals surface area contributed by atoms with Crippen molar-refractivity contribution in [2.75, 3.05) is 12.4 Å². The van der Waals surface area contributed by atoms with E-state index in [0.29, 0.717) is 22.3 Å². The maximum atomic E-state index is 12.9. The summed E-state index contributed by atoms with van der Waals surface area (Å²) in [5.41, 5.74) is 3.08. The smallest absolute Gasteiger partial charge is 0.411 e. The van der Waals surface area contributed by atoms with Gasteiger partial charge >= 0.3 is 6.09 Å². The van der Waals surface area contributed by atoms with Crippen molar-refractivity contribution in [3.05, 3.63) is 82.0 Å². The number of aryl methyl sites for hydroxylation is 1. The van der Waals surface area contributed by atoms with E-state index in [4.69, 9.17) is 9.47 Å². The second-order valence-corrected chi connectivity index (χ2v) is 12.3. The van der Waals surface area contributed by atoms with E-state index in [1.54, 1.807) is 41.1 Å². The first-order valence-corrected chi connectivity index (χ1v) is 15.3. The fraction of sp³-hybridized carbons (Fsp3) is 0.276. The number of halogens is 1. The molecule has 1 saturated carbocycles. The second-order valence-electron chi connectivity index (χ2n) is 9.81. The highest BCUT2D eigenvalue weighted by Gasteiger charge is 2.23. The zero-order valence-electron chi connectivity index (χ0n) is 22.5. The molecule has 0 unspecified atom stereocenters. The Morgan fingerprint density at radius 1 is 1.07 bits per heavy atom. The first kappa shape index (κ1) is 28.6. The van der Waals surface area contributed by atoms with Gasteiger partial charge in [-0.1, -0.05) is 18.2 Å². The van der Waals surface area contributed by atoms with Crippen LogP contribution in [0.2, 0.25) is 0 Å². The zero-order valence-corrected chi connectivity index (χ0v) is 24.9. The second kappa shape index (κ2) is 11.9. The fourth-order valence-corrected chi connectivity index (χ4v) is 6.94. The van der Waals surface area contributed by atoms with Crippen molar-refractivity contribution in [3.63, 3.8) is 0 Å². The molecule has 1 aliphatic rings. The van der Waals surface area contributed by atoms with Gasteiger partial charge in [-0.3, -0.25) is 14.8 Å². The van der Waals surface area contributed by atoms with E-state index in [2.05, 4.69) is 31.1 Å². The Morgan fingerprint density at radius 3 is 2.56 bits per heavy atom. The van der Waals surface area contributed by atoms with Gasteiger partial charge in [0.1, 0.15) is 16.7 Å². The largest absolute Gasteiger partial charge is 0.496 e. The summed E-state index contributed by atoms with van der Waals surface area (Å²) < 4.78 is 40.8. The monoisotopic (exact) mass is 640 g/mol. The number of aromatic nitrogens is 2. The zero-order chi connectivity index (χ0) is 29.1. The van der Waals surface area contributed by atoms with Gasteiger partial charge in [0.2, 0.25) is 0 Å². The lowest BCUT2D eigenvalue weighted by Gasteiger charge is -2.13. The number of rotatable bonds is 8. The highest BCUT2D eigenvalue weighted by atomic mass is 79.9. The molecule has 1 fully saturated rings. The van der Waals surface area contributed by atoms with Gasteiger partial charge in [-0.05, 0) is 84.1 Å². The van der Waals surface area contributed by atoms with Crippen LogP contribution in [0.3, 0.4) is 0 Å². The molecule has 5 rings (SSSR count). The van der Waals surface area contributed by atoms with E-state index < -0.39 is 22.0 Å². The van der Waals surface area contributed by atoms with Crippen LogP contribution in [-0.2, 0) is 28.2 Å². The van der Waals surface area contributed by atoms with Crippen molar-refractivity contribution >= 4 is 54.5 Å². The van der Waals surface area contributed by atoms with Crippen molar-refractivity contribution in [2.45, 2.75) is 43.1 Å². The molecule has 0 bridgehead atoms. The van der Waals surface area contributed by atoms with Crippen LogP contribution >= 0.6 is 15.9 Å². The Morgan fingerprint density at radius 2 is 1.83 bits per heavy atom. The third-order valence-corrected chi connectivity index (χ3v) is 9.35. The quantitative estimate of drug-likeness (QED) is 0.258. The Bertz CT molecular complexity index is 1730. The highest BCUT2D eigenvalue weighted by Crippen LogP contribution is 2.29. The summed E-state index contributed by atoms with van der Waals surface area (Å²) in [4.78, 5) is 25.2. The maximum absolute atomic E-state index is 12.9. The molecule has 0 saturated heterocycles. The molecule has 41 heavy (non-hydrogen) atoms. The third-order valence-electron chi connectivity index (χ3n) is 7.01. The van der Waals surface area contributed by atoms with E-state index in [0.717, 1.165) is 47.8 Å². The van der Waals surface area contributed by atoms with Gasteiger partial charge in [0.15, 0.2) is 0 Å². The summed E-state index contributed by atoms with van der Waals surface area (Å²) in [7, 11) is -0.781. The van der Waals surface area contributed by atoms with E-state index >= 15 is 0 Å². The molecular formula is C29H29BrN4O6S. The van der Waals surface area contributed by atoms with E-state index in [-0.39, 0.29) is 16.6 Å². The summed E-state index contributed by atoms with van der Waals surface area (Å²) in [6, 6.07) is 16.5. The number of anilines is 1. The number of sulfonamides is 1. The minimum atomic E-state index is -4.10. The normalized spacial score (nSPS) is 13.7. The molecule has 10 nitrogen and oxygen atoms in total. The van der Waals surface area contributed by atoms with Crippen LogP contribution in [0, 0.1) is 0 Å². The number of carbonyl (C=O) groups is 2. The number of methoxy groups -OCH3 is 1. The van der Waals surface area contributed by atoms with Crippen LogP contribution in [0.1, 0.15) is 47.3 Å². The molecule has 2 N–H and O–H groups in total. The predicted octanol–water partition coefficient (Wildman–Crippen LogP) is 5.55. The lowest BCUT2D eigenvalue weighted by Crippen LogP contribution is -2.30. The Hall–Kier alpha value is -3.90. The van der Waals surface area contributed by atoms with E-state index in [1.807, 2.05) is 19.2 Å². The molecule has 0 aliphatic heterocycles. The summed E-state index contributed by atoms with van der Waals surface area (Å²) >= 11 is 3.21. The van der Waals surface area contributed by atoms with Crippen molar-refractivity contribution in [2.24, 2.45) is 7.05 Å². The number of ether oxygens (including phenoxy) is 2. The van der Waals surface area contributed by atoms with Gasteiger partial charge in [-0.2, -0.15) is 5.10 Å². The standard InChI is InChI=1S/C29H29BrN4O6S/c1-34-25-14-13-20(31-29(36)40-21-7-3-4-8-21)17-22(25)24(32-34)15-18-11-12-19(16-26(18)39-2)28(35)33-41(37,38)27-10-6-5-9-23(27)30/h5-6,9-14,16-17,21H,3-4,7-8,15H2,1-2H3,(H,31,36)(H,33,35). The van der Waals surface area contributed by atoms with Crippen LogP contribution in [0.4, 0.5) is 10.5 Å². The first-order valence-electron chi connectivity index (χ1n) is 13.1. The highest BCUT2D eigenvalue weighted by molar-refractivity contribution is 9.10. The number of nitrogens with zero attached hydrogens (tertiary/aromatic N) is 2. The van der Waals surface area contributed by atoms with Crippen LogP contribution in [0.25, 0.3) is 10.9 Å².